The third kappa shape index (κ3) is 1.89. The topological polar surface area (TPSA) is 38.1 Å². The summed E-state index contributed by atoms with van der Waals surface area (Å²) in [4.78, 5) is 0. The van der Waals surface area contributed by atoms with Crippen molar-refractivity contribution in [1.82, 2.24) is 9.69 Å². The molecule has 1 unspecified atom stereocenters. The van der Waals surface area contributed by atoms with E-state index >= 15 is 0 Å². The molecule has 0 spiro atoms. The zero-order valence-corrected chi connectivity index (χ0v) is 9.93. The molecule has 2 aromatic heterocycles. The van der Waals surface area contributed by atoms with Crippen molar-refractivity contribution in [2.24, 2.45) is 0 Å². The van der Waals surface area contributed by atoms with Gasteiger partial charge in [0.25, 0.3) is 0 Å². The highest BCUT2D eigenvalue weighted by atomic mass is 79.9. The van der Waals surface area contributed by atoms with E-state index in [0.29, 0.717) is 0 Å². The molecule has 2 heterocycles. The Morgan fingerprint density at radius 3 is 2.86 bits per heavy atom. The minimum atomic E-state index is 0.0348. The summed E-state index contributed by atoms with van der Waals surface area (Å²) in [5, 5.41) is 5.12. The smallest absolute Gasteiger partial charge is 0.169 e. The van der Waals surface area contributed by atoms with Gasteiger partial charge in [-0.15, -0.1) is 0 Å². The van der Waals surface area contributed by atoms with Crippen molar-refractivity contribution in [3.8, 4) is 0 Å². The summed E-state index contributed by atoms with van der Waals surface area (Å²) in [7, 11) is 1.89. The molecule has 0 aromatic carbocycles. The minimum Gasteiger partial charge on any atom is -0.452 e. The molecule has 1 N–H and O–H groups in total. The highest BCUT2D eigenvalue weighted by Gasteiger charge is 2.17. The first kappa shape index (κ1) is 9.89. The number of nitrogens with zero attached hydrogens (tertiary/aromatic N) is 1. The zero-order chi connectivity index (χ0) is 9.97. The number of hydrogen-bond donors (Lipinski definition) is 1. The number of hydrogen-bond acceptors (Lipinski definition) is 4. The molecule has 3 nitrogen and oxygen atoms in total. The number of furan rings is 1. The van der Waals surface area contributed by atoms with Crippen molar-refractivity contribution < 1.29 is 4.42 Å². The normalized spacial score (nSPS) is 13.0. The number of aromatic nitrogens is 1. The molecule has 0 radical (unpaired) electrons. The standard InChI is InChI=1S/C9H9BrN2OS/c1-11-9(6-4-5-14-12-6)7-2-3-8(10)13-7/h2-5,9,11H,1H3. The maximum atomic E-state index is 5.48. The van der Waals surface area contributed by atoms with Crippen molar-refractivity contribution in [3.05, 3.63) is 39.7 Å². The molecule has 0 aliphatic rings. The van der Waals surface area contributed by atoms with Gasteiger partial charge in [-0.3, -0.25) is 0 Å². The molecule has 1 atom stereocenters. The second kappa shape index (κ2) is 4.25. The van der Waals surface area contributed by atoms with Crippen LogP contribution < -0.4 is 5.32 Å². The summed E-state index contributed by atoms with van der Waals surface area (Å²) < 4.78 is 10.5. The Morgan fingerprint density at radius 2 is 2.36 bits per heavy atom. The van der Waals surface area contributed by atoms with Gasteiger partial charge in [0, 0.05) is 5.38 Å². The summed E-state index contributed by atoms with van der Waals surface area (Å²) >= 11 is 4.72. The lowest BCUT2D eigenvalue weighted by atomic mass is 10.1. The van der Waals surface area contributed by atoms with Crippen LogP contribution in [0, 0.1) is 0 Å². The van der Waals surface area contributed by atoms with Gasteiger partial charge in [0.05, 0.1) is 5.69 Å². The van der Waals surface area contributed by atoms with Gasteiger partial charge in [0.15, 0.2) is 4.67 Å². The lowest BCUT2D eigenvalue weighted by Crippen LogP contribution is -2.17. The summed E-state index contributed by atoms with van der Waals surface area (Å²) in [6.07, 6.45) is 0. The van der Waals surface area contributed by atoms with Crippen LogP contribution >= 0.6 is 27.5 Å². The average molecular weight is 273 g/mol. The third-order valence-electron chi connectivity index (χ3n) is 1.92. The molecule has 2 aromatic rings. The van der Waals surface area contributed by atoms with Crippen LogP contribution in [-0.4, -0.2) is 11.4 Å². The van der Waals surface area contributed by atoms with Crippen LogP contribution in [0.2, 0.25) is 0 Å². The second-order valence-electron chi connectivity index (χ2n) is 2.79. The summed E-state index contributed by atoms with van der Waals surface area (Å²) in [5.74, 6) is 0.866. The van der Waals surface area contributed by atoms with E-state index in [2.05, 4.69) is 25.6 Å². The molecule has 74 valence electrons. The molecule has 5 heteroatoms. The van der Waals surface area contributed by atoms with Crippen molar-refractivity contribution in [2.45, 2.75) is 6.04 Å². The Hall–Kier alpha value is -0.650. The maximum Gasteiger partial charge on any atom is 0.169 e. The molecule has 0 bridgehead atoms. The van der Waals surface area contributed by atoms with Gasteiger partial charge in [-0.05, 0) is 52.7 Å². The molecule has 0 aliphatic carbocycles. The predicted octanol–water partition coefficient (Wildman–Crippen LogP) is 2.81. The molecule has 0 saturated carbocycles. The number of halogens is 1. The number of nitrogens with one attached hydrogen (secondary N) is 1. The summed E-state index contributed by atoms with van der Waals surface area (Å²) in [5.41, 5.74) is 0.986. The van der Waals surface area contributed by atoms with Crippen LogP contribution in [-0.2, 0) is 0 Å². The first-order valence-electron chi connectivity index (χ1n) is 4.14. The Morgan fingerprint density at radius 1 is 1.50 bits per heavy atom. The second-order valence-corrected chi connectivity index (χ2v) is 4.24. The fourth-order valence-corrected chi connectivity index (χ4v) is 2.16. The predicted molar refractivity (Wildman–Crippen MR) is 59.4 cm³/mol. The molecule has 0 amide bonds. The highest BCUT2D eigenvalue weighted by molar-refractivity contribution is 9.10. The van der Waals surface area contributed by atoms with Crippen LogP contribution in [0.4, 0.5) is 0 Å². The van der Waals surface area contributed by atoms with Gasteiger partial charge < -0.3 is 9.73 Å². The lowest BCUT2D eigenvalue weighted by Gasteiger charge is -2.09. The van der Waals surface area contributed by atoms with Crippen LogP contribution in [0.3, 0.4) is 0 Å². The van der Waals surface area contributed by atoms with Gasteiger partial charge in [-0.1, -0.05) is 0 Å². The molecular weight excluding hydrogens is 264 g/mol. The number of rotatable bonds is 3. The largest absolute Gasteiger partial charge is 0.452 e. The molecule has 0 aliphatic heterocycles. The summed E-state index contributed by atoms with van der Waals surface area (Å²) in [6, 6.07) is 5.84. The van der Waals surface area contributed by atoms with E-state index < -0.39 is 0 Å². The van der Waals surface area contributed by atoms with E-state index in [0.717, 1.165) is 16.1 Å². The van der Waals surface area contributed by atoms with E-state index in [1.54, 1.807) is 0 Å². The Kier molecular flexibility index (Phi) is 3.00. The van der Waals surface area contributed by atoms with E-state index in [4.69, 9.17) is 4.42 Å². The maximum absolute atomic E-state index is 5.48. The summed E-state index contributed by atoms with van der Waals surface area (Å²) in [6.45, 7) is 0. The first-order chi connectivity index (χ1) is 6.81. The van der Waals surface area contributed by atoms with Crippen molar-refractivity contribution >= 4 is 27.5 Å². The fourth-order valence-electron chi connectivity index (χ4n) is 1.29. The molecule has 0 fully saturated rings. The Balaban J connectivity index is 2.31. The van der Waals surface area contributed by atoms with Gasteiger partial charge >= 0.3 is 0 Å². The van der Waals surface area contributed by atoms with Crippen molar-refractivity contribution in [2.75, 3.05) is 7.05 Å². The third-order valence-corrected chi connectivity index (χ3v) is 2.92. The lowest BCUT2D eigenvalue weighted by molar-refractivity contribution is 0.444. The Bertz CT molecular complexity index is 399. The SMILES string of the molecule is CNC(c1ccsn1)c1ccc(Br)o1. The fraction of sp³-hybridized carbons (Fsp3) is 0.222. The van der Waals surface area contributed by atoms with Crippen LogP contribution in [0.5, 0.6) is 0 Å². The van der Waals surface area contributed by atoms with E-state index in [1.807, 2.05) is 30.6 Å². The highest BCUT2D eigenvalue weighted by Crippen LogP contribution is 2.25. The van der Waals surface area contributed by atoms with Gasteiger partial charge in [-0.2, -0.15) is 4.37 Å². The van der Waals surface area contributed by atoms with Gasteiger partial charge in [0.2, 0.25) is 0 Å². The van der Waals surface area contributed by atoms with Gasteiger partial charge in [-0.25, -0.2) is 0 Å². The molecule has 0 saturated heterocycles. The van der Waals surface area contributed by atoms with Crippen LogP contribution in [0.25, 0.3) is 0 Å². The molecular formula is C9H9BrN2OS. The van der Waals surface area contributed by atoms with Crippen LogP contribution in [0.1, 0.15) is 17.5 Å². The Labute approximate surface area is 94.4 Å². The molecule has 2 rings (SSSR count). The molecule has 14 heavy (non-hydrogen) atoms. The van der Waals surface area contributed by atoms with E-state index in [-0.39, 0.29) is 6.04 Å². The van der Waals surface area contributed by atoms with Crippen molar-refractivity contribution in [3.63, 3.8) is 0 Å². The van der Waals surface area contributed by atoms with E-state index in [1.165, 1.54) is 11.5 Å². The van der Waals surface area contributed by atoms with Crippen LogP contribution in [0.15, 0.2) is 32.7 Å². The average Bonchev–Trinajstić information content (AvgIpc) is 2.79. The van der Waals surface area contributed by atoms with Gasteiger partial charge in [0.1, 0.15) is 11.8 Å². The first-order valence-corrected chi connectivity index (χ1v) is 5.77. The van der Waals surface area contributed by atoms with E-state index in [9.17, 15) is 0 Å². The minimum absolute atomic E-state index is 0.0348. The zero-order valence-electron chi connectivity index (χ0n) is 7.53. The van der Waals surface area contributed by atoms with Crippen molar-refractivity contribution in [1.29, 1.82) is 0 Å². The monoisotopic (exact) mass is 272 g/mol. The quantitative estimate of drug-likeness (QED) is 0.934.